The third kappa shape index (κ3) is 4.85. The van der Waals surface area contributed by atoms with E-state index in [1.807, 2.05) is 71.1 Å². The lowest BCUT2D eigenvalue weighted by Gasteiger charge is -2.43. The van der Waals surface area contributed by atoms with Crippen LogP contribution in [0.3, 0.4) is 0 Å². The predicted octanol–water partition coefficient (Wildman–Crippen LogP) is 5.36. The first-order chi connectivity index (χ1) is 18.8. The molecule has 0 N–H and O–H groups in total. The van der Waals surface area contributed by atoms with Crippen LogP contribution in [0.4, 0.5) is 11.4 Å². The number of anilines is 2. The normalized spacial score (nSPS) is 16.5. The molecule has 0 saturated heterocycles. The number of ether oxygens (including phenoxy) is 2. The molecular formula is C31H31N3O5. The van der Waals surface area contributed by atoms with Crippen LogP contribution in [-0.2, 0) is 20.9 Å². The fraction of sp³-hybridized carbons (Fsp3) is 0.258. The van der Waals surface area contributed by atoms with Crippen molar-refractivity contribution < 1.29 is 23.9 Å². The first-order valence-corrected chi connectivity index (χ1v) is 12.8. The van der Waals surface area contributed by atoms with Crippen molar-refractivity contribution in [3.05, 3.63) is 90.1 Å². The van der Waals surface area contributed by atoms with Gasteiger partial charge < -0.3 is 23.8 Å². The minimum absolute atomic E-state index is 0.0786. The van der Waals surface area contributed by atoms with Gasteiger partial charge in [-0.1, -0.05) is 24.3 Å². The lowest BCUT2D eigenvalue weighted by atomic mass is 9.89. The molecule has 0 fully saturated rings. The zero-order chi connectivity index (χ0) is 27.7. The number of para-hydroxylation sites is 1. The van der Waals surface area contributed by atoms with E-state index in [4.69, 9.17) is 9.47 Å². The Morgan fingerprint density at radius 1 is 0.974 bits per heavy atom. The van der Waals surface area contributed by atoms with Gasteiger partial charge in [-0.15, -0.1) is 0 Å². The highest BCUT2D eigenvalue weighted by Crippen LogP contribution is 2.43. The average Bonchev–Trinajstić information content (AvgIpc) is 3.34. The predicted molar refractivity (Wildman–Crippen MR) is 150 cm³/mol. The Labute approximate surface area is 227 Å². The van der Waals surface area contributed by atoms with Crippen LogP contribution in [0, 0.1) is 0 Å². The number of carbonyl (C=O) groups is 3. The zero-order valence-electron chi connectivity index (χ0n) is 22.5. The van der Waals surface area contributed by atoms with Crippen molar-refractivity contribution in [2.75, 3.05) is 24.0 Å². The number of esters is 1. The van der Waals surface area contributed by atoms with E-state index in [2.05, 4.69) is 0 Å². The standard InChI is InChI=1S/C31H31N3O5/c1-20-17-29(26-7-5-6-8-27(26)33(20)31(37)23-10-13-25(38-3)14-11-23)34(21(2)35)24-12-9-22-15-16-32(28(22)18-24)19-30(36)39-4/h5-16,18,20,29H,17,19H2,1-4H3/t20-,29+/m0/s1. The first kappa shape index (κ1) is 26.0. The van der Waals surface area contributed by atoms with Gasteiger partial charge in [-0.25, -0.2) is 0 Å². The molecule has 8 heteroatoms. The fourth-order valence-corrected chi connectivity index (χ4v) is 5.45. The molecule has 1 aromatic heterocycles. The van der Waals surface area contributed by atoms with Gasteiger partial charge in [0.1, 0.15) is 12.3 Å². The molecule has 2 atom stereocenters. The van der Waals surface area contributed by atoms with Crippen molar-refractivity contribution in [2.45, 2.75) is 38.9 Å². The van der Waals surface area contributed by atoms with Crippen LogP contribution >= 0.6 is 0 Å². The second-order valence-corrected chi connectivity index (χ2v) is 9.71. The summed E-state index contributed by atoms with van der Waals surface area (Å²) >= 11 is 0. The van der Waals surface area contributed by atoms with E-state index >= 15 is 0 Å². The number of benzene rings is 3. The molecule has 2 heterocycles. The van der Waals surface area contributed by atoms with Crippen LogP contribution in [-0.4, -0.2) is 42.6 Å². The maximum Gasteiger partial charge on any atom is 0.325 e. The molecule has 0 radical (unpaired) electrons. The SMILES string of the molecule is COC(=O)Cn1ccc2ccc(N(C(C)=O)[C@@H]3C[C@H](C)N(C(=O)c4ccc(OC)cc4)c4ccccc43)cc21. The fourth-order valence-electron chi connectivity index (χ4n) is 5.45. The molecule has 1 aliphatic rings. The minimum Gasteiger partial charge on any atom is -0.497 e. The van der Waals surface area contributed by atoms with E-state index in [-0.39, 0.29) is 36.4 Å². The zero-order valence-corrected chi connectivity index (χ0v) is 22.5. The van der Waals surface area contributed by atoms with Crippen LogP contribution in [0.2, 0.25) is 0 Å². The topological polar surface area (TPSA) is 81.1 Å². The molecule has 2 amide bonds. The summed E-state index contributed by atoms with van der Waals surface area (Å²) in [7, 11) is 2.95. The molecule has 4 aromatic rings. The van der Waals surface area contributed by atoms with Gasteiger partial charge in [0.15, 0.2) is 0 Å². The van der Waals surface area contributed by atoms with Gasteiger partial charge in [0.2, 0.25) is 5.91 Å². The van der Waals surface area contributed by atoms with Crippen molar-refractivity contribution in [2.24, 2.45) is 0 Å². The molecule has 0 unspecified atom stereocenters. The van der Waals surface area contributed by atoms with E-state index in [0.29, 0.717) is 17.7 Å². The molecular weight excluding hydrogens is 494 g/mol. The number of carbonyl (C=O) groups excluding carboxylic acids is 3. The van der Waals surface area contributed by atoms with E-state index in [0.717, 1.165) is 27.8 Å². The molecule has 3 aromatic carbocycles. The number of hydrogen-bond acceptors (Lipinski definition) is 5. The molecule has 200 valence electrons. The van der Waals surface area contributed by atoms with Crippen LogP contribution in [0.1, 0.15) is 42.2 Å². The number of amides is 2. The number of methoxy groups -OCH3 is 2. The smallest absolute Gasteiger partial charge is 0.325 e. The molecule has 1 aliphatic heterocycles. The first-order valence-electron chi connectivity index (χ1n) is 12.8. The number of nitrogens with zero attached hydrogens (tertiary/aromatic N) is 3. The van der Waals surface area contributed by atoms with Crippen molar-refractivity contribution in [1.29, 1.82) is 0 Å². The third-order valence-electron chi connectivity index (χ3n) is 7.33. The van der Waals surface area contributed by atoms with Crippen molar-refractivity contribution in [3.63, 3.8) is 0 Å². The van der Waals surface area contributed by atoms with Crippen molar-refractivity contribution in [3.8, 4) is 5.75 Å². The summed E-state index contributed by atoms with van der Waals surface area (Å²) < 4.78 is 11.9. The monoisotopic (exact) mass is 525 g/mol. The van der Waals surface area contributed by atoms with Gasteiger partial charge in [-0.2, -0.15) is 0 Å². The highest BCUT2D eigenvalue weighted by atomic mass is 16.5. The van der Waals surface area contributed by atoms with Gasteiger partial charge in [-0.3, -0.25) is 14.4 Å². The number of fused-ring (bicyclic) bond motifs is 2. The molecule has 0 spiro atoms. The highest BCUT2D eigenvalue weighted by Gasteiger charge is 2.38. The second-order valence-electron chi connectivity index (χ2n) is 9.71. The van der Waals surface area contributed by atoms with Gasteiger partial charge >= 0.3 is 5.97 Å². The average molecular weight is 526 g/mol. The molecule has 5 rings (SSSR count). The minimum atomic E-state index is -0.349. The van der Waals surface area contributed by atoms with E-state index < -0.39 is 0 Å². The number of hydrogen-bond donors (Lipinski definition) is 0. The number of aromatic nitrogens is 1. The van der Waals surface area contributed by atoms with E-state index in [1.165, 1.54) is 7.11 Å². The maximum absolute atomic E-state index is 13.7. The Bertz CT molecular complexity index is 1540. The lowest BCUT2D eigenvalue weighted by molar-refractivity contribution is -0.141. The van der Waals surface area contributed by atoms with Crippen LogP contribution in [0.5, 0.6) is 5.75 Å². The quantitative estimate of drug-likeness (QED) is 0.317. The van der Waals surface area contributed by atoms with Crippen LogP contribution in [0.25, 0.3) is 10.9 Å². The number of rotatable bonds is 6. The summed E-state index contributed by atoms with van der Waals surface area (Å²) in [6, 6.07) is 22.1. The second kappa shape index (κ2) is 10.6. The lowest BCUT2D eigenvalue weighted by Crippen LogP contribution is -2.47. The van der Waals surface area contributed by atoms with Crippen LogP contribution < -0.4 is 14.5 Å². The summed E-state index contributed by atoms with van der Waals surface area (Å²) in [5.41, 5.74) is 3.80. The van der Waals surface area contributed by atoms with Gasteiger partial charge in [0.05, 0.1) is 25.8 Å². The Morgan fingerprint density at radius 3 is 2.41 bits per heavy atom. The Balaban J connectivity index is 1.54. The summed E-state index contributed by atoms with van der Waals surface area (Å²) in [5, 5.41) is 0.958. The Morgan fingerprint density at radius 2 is 1.72 bits per heavy atom. The van der Waals surface area contributed by atoms with Crippen LogP contribution in [0.15, 0.2) is 79.0 Å². The molecule has 0 saturated carbocycles. The van der Waals surface area contributed by atoms with E-state index in [1.54, 1.807) is 43.2 Å². The van der Waals surface area contributed by atoms with E-state index in [9.17, 15) is 14.4 Å². The largest absolute Gasteiger partial charge is 0.497 e. The Kier molecular flexibility index (Phi) is 7.11. The van der Waals surface area contributed by atoms with Gasteiger partial charge in [-0.05, 0) is 72.8 Å². The molecule has 8 nitrogen and oxygen atoms in total. The summed E-state index contributed by atoms with van der Waals surface area (Å²) in [6.07, 6.45) is 2.39. The Hall–Kier alpha value is -4.59. The molecule has 39 heavy (non-hydrogen) atoms. The molecule has 0 aliphatic carbocycles. The highest BCUT2D eigenvalue weighted by molar-refractivity contribution is 6.07. The maximum atomic E-state index is 13.7. The third-order valence-corrected chi connectivity index (χ3v) is 7.33. The van der Waals surface area contributed by atoms with Crippen molar-refractivity contribution >= 4 is 40.1 Å². The van der Waals surface area contributed by atoms with Gasteiger partial charge in [0, 0.05) is 36.1 Å². The summed E-state index contributed by atoms with van der Waals surface area (Å²) in [6.45, 7) is 3.64. The summed E-state index contributed by atoms with van der Waals surface area (Å²) in [4.78, 5) is 42.4. The van der Waals surface area contributed by atoms with Crippen molar-refractivity contribution in [1.82, 2.24) is 4.57 Å². The molecule has 0 bridgehead atoms. The summed E-state index contributed by atoms with van der Waals surface area (Å²) in [5.74, 6) is 0.123. The van der Waals surface area contributed by atoms with Gasteiger partial charge in [0.25, 0.3) is 5.91 Å².